The Hall–Kier alpha value is -2.43. The largest absolute Gasteiger partial charge is 0.417 e. The number of fused-ring (bicyclic) bond motifs is 1. The van der Waals surface area contributed by atoms with Gasteiger partial charge in [0.1, 0.15) is 6.33 Å². The first kappa shape index (κ1) is 13.5. The Labute approximate surface area is 119 Å². The molecule has 0 saturated carbocycles. The van der Waals surface area contributed by atoms with Gasteiger partial charge < -0.3 is 0 Å². The molecule has 21 heavy (non-hydrogen) atoms. The lowest BCUT2D eigenvalue weighted by molar-refractivity contribution is -0.137. The van der Waals surface area contributed by atoms with Crippen LogP contribution < -0.4 is 0 Å². The van der Waals surface area contributed by atoms with Crippen LogP contribution in [0, 0.1) is 6.92 Å². The van der Waals surface area contributed by atoms with Crippen molar-refractivity contribution in [1.82, 2.24) is 9.97 Å². The third-order valence-electron chi connectivity index (χ3n) is 3.38. The highest BCUT2D eigenvalue weighted by molar-refractivity contribution is 5.86. The van der Waals surface area contributed by atoms with Crippen molar-refractivity contribution >= 4 is 10.9 Å². The summed E-state index contributed by atoms with van der Waals surface area (Å²) in [6.07, 6.45) is -2.94. The Kier molecular flexibility index (Phi) is 3.12. The van der Waals surface area contributed by atoms with Crippen LogP contribution in [0.25, 0.3) is 22.0 Å². The fraction of sp³-hybridized carbons (Fsp3) is 0.125. The highest BCUT2D eigenvalue weighted by Crippen LogP contribution is 2.37. The van der Waals surface area contributed by atoms with E-state index in [9.17, 15) is 13.2 Å². The van der Waals surface area contributed by atoms with Crippen molar-refractivity contribution in [2.24, 2.45) is 0 Å². The van der Waals surface area contributed by atoms with E-state index >= 15 is 0 Å². The second-order valence-electron chi connectivity index (χ2n) is 4.73. The number of hydrogen-bond donors (Lipinski definition) is 0. The summed E-state index contributed by atoms with van der Waals surface area (Å²) in [6, 6.07) is 10.6. The fourth-order valence-corrected chi connectivity index (χ4v) is 2.34. The quantitative estimate of drug-likeness (QED) is 0.652. The molecule has 1 heterocycles. The average molecular weight is 288 g/mol. The van der Waals surface area contributed by atoms with Gasteiger partial charge in [-0.2, -0.15) is 13.2 Å². The SMILES string of the molecule is Cc1ncnc2ccc(-c3ccccc3C(F)(F)F)cc12. The first-order valence-electron chi connectivity index (χ1n) is 6.35. The van der Waals surface area contributed by atoms with E-state index in [-0.39, 0.29) is 5.56 Å². The zero-order chi connectivity index (χ0) is 15.0. The lowest BCUT2D eigenvalue weighted by Gasteiger charge is -2.13. The number of rotatable bonds is 1. The van der Waals surface area contributed by atoms with Crippen LogP contribution in [-0.2, 0) is 6.18 Å². The van der Waals surface area contributed by atoms with Crippen LogP contribution in [0.5, 0.6) is 0 Å². The molecular weight excluding hydrogens is 277 g/mol. The second-order valence-corrected chi connectivity index (χ2v) is 4.73. The molecule has 3 aromatic rings. The van der Waals surface area contributed by atoms with Gasteiger partial charge in [-0.3, -0.25) is 0 Å². The van der Waals surface area contributed by atoms with Gasteiger partial charge >= 0.3 is 6.18 Å². The Bertz CT molecular complexity index is 810. The van der Waals surface area contributed by atoms with E-state index in [1.165, 1.54) is 18.5 Å². The van der Waals surface area contributed by atoms with E-state index in [2.05, 4.69) is 9.97 Å². The first-order chi connectivity index (χ1) is 9.97. The Morgan fingerprint density at radius 3 is 2.48 bits per heavy atom. The second kappa shape index (κ2) is 4.84. The van der Waals surface area contributed by atoms with Crippen LogP contribution in [0.4, 0.5) is 13.2 Å². The summed E-state index contributed by atoms with van der Waals surface area (Å²) in [5.74, 6) is 0. The van der Waals surface area contributed by atoms with Crippen LogP contribution >= 0.6 is 0 Å². The molecule has 1 aromatic heterocycles. The van der Waals surface area contributed by atoms with Gasteiger partial charge in [0.2, 0.25) is 0 Å². The number of halogens is 3. The summed E-state index contributed by atoms with van der Waals surface area (Å²) in [7, 11) is 0. The van der Waals surface area contributed by atoms with E-state index < -0.39 is 11.7 Å². The molecule has 106 valence electrons. The van der Waals surface area contributed by atoms with Crippen LogP contribution in [-0.4, -0.2) is 9.97 Å². The molecule has 0 aliphatic carbocycles. The predicted octanol–water partition coefficient (Wildman–Crippen LogP) is 4.62. The molecule has 0 aliphatic heterocycles. The summed E-state index contributed by atoms with van der Waals surface area (Å²) >= 11 is 0. The van der Waals surface area contributed by atoms with Crippen molar-refractivity contribution in [2.75, 3.05) is 0 Å². The zero-order valence-electron chi connectivity index (χ0n) is 11.1. The maximum absolute atomic E-state index is 13.1. The molecule has 3 rings (SSSR count). The smallest absolute Gasteiger partial charge is 0.241 e. The van der Waals surface area contributed by atoms with Crippen molar-refractivity contribution in [3.8, 4) is 11.1 Å². The number of aryl methyl sites for hydroxylation is 1. The molecule has 2 aromatic carbocycles. The molecule has 0 unspecified atom stereocenters. The van der Waals surface area contributed by atoms with E-state index in [0.717, 1.165) is 22.7 Å². The molecule has 0 radical (unpaired) electrons. The van der Waals surface area contributed by atoms with Crippen LogP contribution in [0.2, 0.25) is 0 Å². The van der Waals surface area contributed by atoms with Gasteiger partial charge in [0, 0.05) is 11.1 Å². The summed E-state index contributed by atoms with van der Waals surface area (Å²) in [6.45, 7) is 1.81. The fourth-order valence-electron chi connectivity index (χ4n) is 2.34. The molecule has 0 saturated heterocycles. The van der Waals surface area contributed by atoms with Crippen molar-refractivity contribution in [3.63, 3.8) is 0 Å². The topological polar surface area (TPSA) is 25.8 Å². The lowest BCUT2D eigenvalue weighted by atomic mass is 9.97. The van der Waals surface area contributed by atoms with E-state index in [0.29, 0.717) is 5.56 Å². The van der Waals surface area contributed by atoms with Gasteiger partial charge in [0.15, 0.2) is 0 Å². The van der Waals surface area contributed by atoms with E-state index in [1.54, 1.807) is 24.3 Å². The van der Waals surface area contributed by atoms with Crippen LogP contribution in [0.1, 0.15) is 11.3 Å². The summed E-state index contributed by atoms with van der Waals surface area (Å²) in [4.78, 5) is 8.19. The number of aromatic nitrogens is 2. The van der Waals surface area contributed by atoms with Gasteiger partial charge in [0.25, 0.3) is 0 Å². The highest BCUT2D eigenvalue weighted by atomic mass is 19.4. The minimum absolute atomic E-state index is 0.162. The molecule has 0 aliphatic rings. The molecule has 0 bridgehead atoms. The summed E-state index contributed by atoms with van der Waals surface area (Å²) < 4.78 is 39.3. The number of nitrogens with zero attached hydrogens (tertiary/aromatic N) is 2. The maximum Gasteiger partial charge on any atom is 0.417 e. The molecule has 2 nitrogen and oxygen atoms in total. The van der Waals surface area contributed by atoms with Crippen molar-refractivity contribution in [2.45, 2.75) is 13.1 Å². The van der Waals surface area contributed by atoms with Crippen molar-refractivity contribution in [1.29, 1.82) is 0 Å². The zero-order valence-corrected chi connectivity index (χ0v) is 11.1. The van der Waals surface area contributed by atoms with Gasteiger partial charge in [-0.15, -0.1) is 0 Å². The molecule has 5 heteroatoms. The highest BCUT2D eigenvalue weighted by Gasteiger charge is 2.33. The Morgan fingerprint density at radius 2 is 1.71 bits per heavy atom. The number of benzene rings is 2. The standard InChI is InChI=1S/C16H11F3N2/c1-10-13-8-11(6-7-15(13)21-9-20-10)12-4-2-3-5-14(12)16(17,18)19/h2-9H,1H3. The maximum atomic E-state index is 13.1. The van der Waals surface area contributed by atoms with E-state index in [1.807, 2.05) is 6.92 Å². The van der Waals surface area contributed by atoms with Gasteiger partial charge in [-0.1, -0.05) is 24.3 Å². The normalized spacial score (nSPS) is 11.8. The van der Waals surface area contributed by atoms with Crippen LogP contribution in [0.15, 0.2) is 48.8 Å². The average Bonchev–Trinajstić information content (AvgIpc) is 2.46. The first-order valence-corrected chi connectivity index (χ1v) is 6.35. The molecule has 0 spiro atoms. The Morgan fingerprint density at radius 1 is 0.952 bits per heavy atom. The van der Waals surface area contributed by atoms with E-state index in [4.69, 9.17) is 0 Å². The minimum atomic E-state index is -4.38. The molecule has 0 fully saturated rings. The third-order valence-corrected chi connectivity index (χ3v) is 3.38. The van der Waals surface area contributed by atoms with Crippen molar-refractivity contribution < 1.29 is 13.2 Å². The third kappa shape index (κ3) is 2.46. The summed E-state index contributed by atoms with van der Waals surface area (Å²) in [5.41, 5.74) is 1.49. The van der Waals surface area contributed by atoms with Crippen LogP contribution in [0.3, 0.4) is 0 Å². The lowest BCUT2D eigenvalue weighted by Crippen LogP contribution is -2.06. The van der Waals surface area contributed by atoms with Gasteiger partial charge in [-0.05, 0) is 36.2 Å². The molecule has 0 amide bonds. The van der Waals surface area contributed by atoms with Gasteiger partial charge in [-0.25, -0.2) is 9.97 Å². The minimum Gasteiger partial charge on any atom is -0.241 e. The molecule has 0 atom stereocenters. The molecular formula is C16H11F3N2. The van der Waals surface area contributed by atoms with Gasteiger partial charge in [0.05, 0.1) is 11.1 Å². The van der Waals surface area contributed by atoms with Crippen molar-refractivity contribution in [3.05, 3.63) is 60.0 Å². The monoisotopic (exact) mass is 288 g/mol. The Balaban J connectivity index is 2.24. The predicted molar refractivity (Wildman–Crippen MR) is 74.7 cm³/mol. The summed E-state index contributed by atoms with van der Waals surface area (Å²) in [5, 5.41) is 0.756. The number of alkyl halides is 3. The number of hydrogen-bond acceptors (Lipinski definition) is 2. The molecule has 0 N–H and O–H groups in total.